The minimum atomic E-state index is -0.656. The van der Waals surface area contributed by atoms with E-state index in [1.807, 2.05) is 0 Å². The number of hydrogen-bond donors (Lipinski definition) is 1. The van der Waals surface area contributed by atoms with Crippen LogP contribution in [0.4, 0.5) is 0 Å². The lowest BCUT2D eigenvalue weighted by atomic mass is 9.80. The van der Waals surface area contributed by atoms with Crippen LogP contribution in [0, 0.1) is 0 Å². The lowest BCUT2D eigenvalue weighted by molar-refractivity contribution is -0.125. The molecule has 2 rings (SSSR count). The monoisotopic (exact) mass is 250 g/mol. The van der Waals surface area contributed by atoms with Gasteiger partial charge >= 0.3 is 0 Å². The Kier molecular flexibility index (Phi) is 3.87. The number of ether oxygens (including phenoxy) is 2. The van der Waals surface area contributed by atoms with Crippen LogP contribution in [0.25, 0.3) is 0 Å². The van der Waals surface area contributed by atoms with Crippen molar-refractivity contribution in [1.29, 1.82) is 0 Å². The number of aliphatic hydroxyl groups excluding tert-OH is 1. The van der Waals surface area contributed by atoms with Gasteiger partial charge in [0, 0.05) is 12.0 Å². The molecule has 4 heteroatoms. The molecule has 0 radical (unpaired) electrons. The highest BCUT2D eigenvalue weighted by molar-refractivity contribution is 5.88. The van der Waals surface area contributed by atoms with E-state index in [0.717, 1.165) is 6.42 Å². The second-order valence-corrected chi connectivity index (χ2v) is 4.48. The van der Waals surface area contributed by atoms with Crippen molar-refractivity contribution in [3.8, 4) is 11.5 Å². The van der Waals surface area contributed by atoms with Gasteiger partial charge in [-0.3, -0.25) is 4.79 Å². The molecule has 0 amide bonds. The summed E-state index contributed by atoms with van der Waals surface area (Å²) in [5.41, 5.74) is 0.666. The van der Waals surface area contributed by atoms with E-state index in [1.54, 1.807) is 32.4 Å². The molecular weight excluding hydrogens is 232 g/mol. The van der Waals surface area contributed by atoms with Gasteiger partial charge in [0.05, 0.1) is 26.2 Å². The van der Waals surface area contributed by atoms with Gasteiger partial charge in [0.15, 0.2) is 0 Å². The van der Waals surface area contributed by atoms with Crippen LogP contribution in [0.1, 0.15) is 30.7 Å². The first kappa shape index (κ1) is 12.9. The number of carbonyl (C=O) groups is 1. The molecule has 0 heterocycles. The largest absolute Gasteiger partial charge is 0.496 e. The number of benzene rings is 1. The molecule has 0 aliphatic heterocycles. The Hall–Kier alpha value is -1.55. The molecule has 1 saturated carbocycles. The summed E-state index contributed by atoms with van der Waals surface area (Å²) in [5, 5.41) is 10.1. The van der Waals surface area contributed by atoms with Gasteiger partial charge in [0.2, 0.25) is 0 Å². The maximum Gasteiger partial charge on any atom is 0.143 e. The molecule has 2 atom stereocenters. The van der Waals surface area contributed by atoms with Crippen LogP contribution in [-0.4, -0.2) is 31.2 Å². The highest BCUT2D eigenvalue weighted by Gasteiger charge is 2.35. The van der Waals surface area contributed by atoms with E-state index < -0.39 is 12.0 Å². The maximum atomic E-state index is 12.1. The molecule has 1 aliphatic rings. The van der Waals surface area contributed by atoms with Gasteiger partial charge in [-0.05, 0) is 25.0 Å². The van der Waals surface area contributed by atoms with Gasteiger partial charge < -0.3 is 14.6 Å². The Bertz CT molecular complexity index is 419. The molecule has 1 fully saturated rings. The predicted molar refractivity (Wildman–Crippen MR) is 67.2 cm³/mol. The first-order chi connectivity index (χ1) is 8.69. The van der Waals surface area contributed by atoms with Crippen LogP contribution in [0.15, 0.2) is 18.2 Å². The zero-order valence-electron chi connectivity index (χ0n) is 10.7. The molecule has 0 aromatic heterocycles. The molecule has 1 N–H and O–H groups in total. The van der Waals surface area contributed by atoms with E-state index in [0.29, 0.717) is 29.9 Å². The molecule has 0 spiro atoms. The summed E-state index contributed by atoms with van der Waals surface area (Å²) in [7, 11) is 3.11. The number of hydrogen-bond acceptors (Lipinski definition) is 4. The summed E-state index contributed by atoms with van der Waals surface area (Å²) < 4.78 is 10.6. The first-order valence-electron chi connectivity index (χ1n) is 6.10. The van der Waals surface area contributed by atoms with Crippen LogP contribution < -0.4 is 9.47 Å². The molecule has 2 unspecified atom stereocenters. The minimum Gasteiger partial charge on any atom is -0.496 e. The number of carbonyl (C=O) groups excluding carboxylic acids is 1. The SMILES string of the molecule is COc1cccc(OC)c1C1C(=O)CCCC1O. The van der Waals surface area contributed by atoms with E-state index in [-0.39, 0.29) is 5.78 Å². The molecule has 0 saturated heterocycles. The highest BCUT2D eigenvalue weighted by atomic mass is 16.5. The van der Waals surface area contributed by atoms with Gasteiger partial charge in [0.25, 0.3) is 0 Å². The molecule has 98 valence electrons. The topological polar surface area (TPSA) is 55.8 Å². The average molecular weight is 250 g/mol. The van der Waals surface area contributed by atoms with Gasteiger partial charge in [-0.15, -0.1) is 0 Å². The second-order valence-electron chi connectivity index (χ2n) is 4.48. The predicted octanol–water partition coefficient (Wildman–Crippen LogP) is 1.90. The summed E-state index contributed by atoms with van der Waals surface area (Å²) in [6.45, 7) is 0. The van der Waals surface area contributed by atoms with Crippen molar-refractivity contribution in [2.24, 2.45) is 0 Å². The zero-order chi connectivity index (χ0) is 13.1. The normalized spacial score (nSPS) is 23.8. The summed E-state index contributed by atoms with van der Waals surface area (Å²) in [6, 6.07) is 5.37. The van der Waals surface area contributed by atoms with Crippen molar-refractivity contribution in [2.45, 2.75) is 31.3 Å². The molecule has 18 heavy (non-hydrogen) atoms. The fourth-order valence-corrected chi connectivity index (χ4v) is 2.56. The van der Waals surface area contributed by atoms with E-state index in [9.17, 15) is 9.90 Å². The van der Waals surface area contributed by atoms with Crippen LogP contribution in [0.5, 0.6) is 11.5 Å². The van der Waals surface area contributed by atoms with Crippen molar-refractivity contribution >= 4 is 5.78 Å². The third-order valence-electron chi connectivity index (χ3n) is 3.43. The summed E-state index contributed by atoms with van der Waals surface area (Å²) in [6.07, 6.45) is 1.23. The minimum absolute atomic E-state index is 0.0524. The highest BCUT2D eigenvalue weighted by Crippen LogP contribution is 2.40. The number of Topliss-reactive ketones (excluding diaryl/α,β-unsaturated/α-hetero) is 1. The van der Waals surface area contributed by atoms with E-state index in [1.165, 1.54) is 0 Å². The van der Waals surface area contributed by atoms with Crippen molar-refractivity contribution in [1.82, 2.24) is 0 Å². The lowest BCUT2D eigenvalue weighted by Crippen LogP contribution is -2.31. The van der Waals surface area contributed by atoms with E-state index >= 15 is 0 Å². The second kappa shape index (κ2) is 5.40. The van der Waals surface area contributed by atoms with E-state index in [4.69, 9.17) is 9.47 Å². The molecular formula is C14H18O4. The fourth-order valence-electron chi connectivity index (χ4n) is 2.56. The molecule has 1 aliphatic carbocycles. The quantitative estimate of drug-likeness (QED) is 0.890. The van der Waals surface area contributed by atoms with Crippen LogP contribution in [-0.2, 0) is 4.79 Å². The smallest absolute Gasteiger partial charge is 0.143 e. The van der Waals surface area contributed by atoms with Gasteiger partial charge in [-0.25, -0.2) is 0 Å². The Morgan fingerprint density at radius 2 is 1.83 bits per heavy atom. The zero-order valence-corrected chi connectivity index (χ0v) is 10.7. The van der Waals surface area contributed by atoms with Crippen LogP contribution in [0.2, 0.25) is 0 Å². The maximum absolute atomic E-state index is 12.1. The first-order valence-corrected chi connectivity index (χ1v) is 6.10. The number of methoxy groups -OCH3 is 2. The average Bonchev–Trinajstić information content (AvgIpc) is 2.38. The Morgan fingerprint density at radius 3 is 2.33 bits per heavy atom. The standard InChI is InChI=1S/C14H18O4/c1-17-11-7-4-8-12(18-2)14(11)13-9(15)5-3-6-10(13)16/h4,7-9,13,15H,3,5-6H2,1-2H3. The summed E-state index contributed by atoms with van der Waals surface area (Å²) in [4.78, 5) is 12.1. The molecule has 0 bridgehead atoms. The van der Waals surface area contributed by atoms with Crippen molar-refractivity contribution in [3.05, 3.63) is 23.8 Å². The fraction of sp³-hybridized carbons (Fsp3) is 0.500. The Morgan fingerprint density at radius 1 is 1.22 bits per heavy atom. The molecule has 4 nitrogen and oxygen atoms in total. The van der Waals surface area contributed by atoms with Crippen LogP contribution in [0.3, 0.4) is 0 Å². The Labute approximate surface area is 107 Å². The van der Waals surface area contributed by atoms with Crippen LogP contribution >= 0.6 is 0 Å². The van der Waals surface area contributed by atoms with Gasteiger partial charge in [0.1, 0.15) is 17.3 Å². The van der Waals surface area contributed by atoms with Crippen molar-refractivity contribution in [2.75, 3.05) is 14.2 Å². The number of aliphatic hydroxyl groups is 1. The summed E-state index contributed by atoms with van der Waals surface area (Å²) >= 11 is 0. The third-order valence-corrected chi connectivity index (χ3v) is 3.43. The number of rotatable bonds is 3. The number of ketones is 1. The lowest BCUT2D eigenvalue weighted by Gasteiger charge is -2.28. The van der Waals surface area contributed by atoms with Crippen molar-refractivity contribution < 1.29 is 19.4 Å². The Balaban J connectivity index is 2.50. The molecule has 1 aromatic carbocycles. The van der Waals surface area contributed by atoms with E-state index in [2.05, 4.69) is 0 Å². The van der Waals surface area contributed by atoms with Gasteiger partial charge in [-0.2, -0.15) is 0 Å². The van der Waals surface area contributed by atoms with Gasteiger partial charge in [-0.1, -0.05) is 6.07 Å². The third kappa shape index (κ3) is 2.20. The summed E-state index contributed by atoms with van der Waals surface area (Å²) in [5.74, 6) is 0.698. The molecule has 1 aromatic rings. The van der Waals surface area contributed by atoms with Crippen molar-refractivity contribution in [3.63, 3.8) is 0 Å².